The highest BCUT2D eigenvalue weighted by atomic mass is 32.1. The number of rotatable bonds is 7. The number of piperidine rings is 1. The van der Waals surface area contributed by atoms with Crippen LogP contribution in [0.15, 0.2) is 54.0 Å². The second kappa shape index (κ2) is 9.76. The molecule has 1 aliphatic heterocycles. The van der Waals surface area contributed by atoms with E-state index in [9.17, 15) is 4.79 Å². The molecule has 150 valence electrons. The van der Waals surface area contributed by atoms with Gasteiger partial charge in [-0.2, -0.15) is 0 Å². The highest BCUT2D eigenvalue weighted by Gasteiger charge is 2.13. The van der Waals surface area contributed by atoms with Gasteiger partial charge >= 0.3 is 0 Å². The summed E-state index contributed by atoms with van der Waals surface area (Å²) in [6.45, 7) is 3.86. The van der Waals surface area contributed by atoms with Crippen LogP contribution in [0.1, 0.15) is 36.1 Å². The molecule has 0 aliphatic carbocycles. The lowest BCUT2D eigenvalue weighted by molar-refractivity contribution is -0.120. The fourth-order valence-electron chi connectivity index (χ4n) is 3.66. The van der Waals surface area contributed by atoms with E-state index in [0.717, 1.165) is 22.9 Å². The summed E-state index contributed by atoms with van der Waals surface area (Å²) in [6.07, 6.45) is 5.95. The Balaban J connectivity index is 1.32. The highest BCUT2D eigenvalue weighted by molar-refractivity contribution is 7.13. The van der Waals surface area contributed by atoms with Gasteiger partial charge in [0.05, 0.1) is 17.8 Å². The van der Waals surface area contributed by atoms with Crippen LogP contribution in [0.25, 0.3) is 10.7 Å². The molecule has 1 aromatic carbocycles. The van der Waals surface area contributed by atoms with Gasteiger partial charge in [-0.3, -0.25) is 14.7 Å². The fraction of sp³-hybridized carbons (Fsp3) is 0.348. The van der Waals surface area contributed by atoms with E-state index in [1.54, 1.807) is 6.20 Å². The second-order valence-electron chi connectivity index (χ2n) is 7.42. The first-order valence-corrected chi connectivity index (χ1v) is 11.1. The highest BCUT2D eigenvalue weighted by Crippen LogP contribution is 2.21. The molecule has 1 fully saturated rings. The number of carbonyl (C=O) groups is 1. The number of pyridine rings is 1. The summed E-state index contributed by atoms with van der Waals surface area (Å²) in [5.74, 6) is -0.00403. The Morgan fingerprint density at radius 1 is 1.03 bits per heavy atom. The third-order valence-electron chi connectivity index (χ3n) is 5.21. The molecule has 1 N–H and O–H groups in total. The predicted octanol–water partition coefficient (Wildman–Crippen LogP) is 4.05. The van der Waals surface area contributed by atoms with E-state index in [2.05, 4.69) is 38.4 Å². The molecule has 0 spiro atoms. The molecule has 5 nitrogen and oxygen atoms in total. The van der Waals surface area contributed by atoms with Crippen molar-refractivity contribution >= 4 is 17.2 Å². The lowest BCUT2D eigenvalue weighted by atomic mass is 10.0. The van der Waals surface area contributed by atoms with Gasteiger partial charge in [-0.05, 0) is 49.2 Å². The minimum atomic E-state index is -0.00403. The quantitative estimate of drug-likeness (QED) is 0.643. The molecule has 3 heterocycles. The Kier molecular flexibility index (Phi) is 6.64. The molecule has 1 aliphatic rings. The molecule has 0 atom stereocenters. The summed E-state index contributed by atoms with van der Waals surface area (Å²) in [5.41, 5.74) is 4.13. The Morgan fingerprint density at radius 2 is 1.83 bits per heavy atom. The third-order valence-corrected chi connectivity index (χ3v) is 6.13. The monoisotopic (exact) mass is 406 g/mol. The smallest absolute Gasteiger partial charge is 0.226 e. The molecule has 1 saturated heterocycles. The van der Waals surface area contributed by atoms with E-state index in [-0.39, 0.29) is 12.3 Å². The standard InChI is InChI=1S/C23H26N4OS/c28-22(14-20-17-29-23(26-20)21-10-4-5-11-24-21)25-15-18-8-2-3-9-19(18)16-27-12-6-1-7-13-27/h2-5,8-11,17H,1,6-7,12-16H2,(H,25,28). The maximum absolute atomic E-state index is 12.5. The van der Waals surface area contributed by atoms with E-state index in [1.807, 2.05) is 29.6 Å². The van der Waals surface area contributed by atoms with Gasteiger partial charge in [0.15, 0.2) is 0 Å². The zero-order valence-electron chi connectivity index (χ0n) is 16.5. The van der Waals surface area contributed by atoms with E-state index >= 15 is 0 Å². The van der Waals surface area contributed by atoms with Crippen molar-refractivity contribution in [3.63, 3.8) is 0 Å². The molecule has 4 rings (SSSR count). The number of amides is 1. The SMILES string of the molecule is O=C(Cc1csc(-c2ccccn2)n1)NCc1ccccc1CN1CCCCC1. The van der Waals surface area contributed by atoms with Crippen molar-refractivity contribution in [3.05, 3.63) is 70.9 Å². The summed E-state index contributed by atoms with van der Waals surface area (Å²) in [6, 6.07) is 14.2. The van der Waals surface area contributed by atoms with Gasteiger partial charge in [0, 0.05) is 24.7 Å². The molecule has 6 heteroatoms. The van der Waals surface area contributed by atoms with E-state index < -0.39 is 0 Å². The van der Waals surface area contributed by atoms with Crippen molar-refractivity contribution in [1.29, 1.82) is 0 Å². The number of hydrogen-bond donors (Lipinski definition) is 1. The van der Waals surface area contributed by atoms with Crippen molar-refractivity contribution in [2.45, 2.75) is 38.8 Å². The minimum Gasteiger partial charge on any atom is -0.352 e. The molecule has 0 bridgehead atoms. The van der Waals surface area contributed by atoms with Crippen molar-refractivity contribution in [3.8, 4) is 10.7 Å². The van der Waals surface area contributed by atoms with Crippen LogP contribution >= 0.6 is 11.3 Å². The third kappa shape index (κ3) is 5.49. The number of hydrogen-bond acceptors (Lipinski definition) is 5. The molecular weight excluding hydrogens is 380 g/mol. The summed E-state index contributed by atoms with van der Waals surface area (Å²) in [7, 11) is 0. The second-order valence-corrected chi connectivity index (χ2v) is 8.28. The summed E-state index contributed by atoms with van der Waals surface area (Å²) in [4.78, 5) is 23.9. The van der Waals surface area contributed by atoms with Crippen LogP contribution in [0.2, 0.25) is 0 Å². The van der Waals surface area contributed by atoms with Gasteiger partial charge in [0.2, 0.25) is 5.91 Å². The Labute approximate surface area is 175 Å². The fourth-order valence-corrected chi connectivity index (χ4v) is 4.45. The average molecular weight is 407 g/mol. The lowest BCUT2D eigenvalue weighted by Gasteiger charge is -2.27. The molecule has 0 unspecified atom stereocenters. The van der Waals surface area contributed by atoms with Gasteiger partial charge in [0.25, 0.3) is 0 Å². The molecule has 2 aromatic heterocycles. The molecule has 1 amide bonds. The predicted molar refractivity (Wildman–Crippen MR) is 116 cm³/mol. The Morgan fingerprint density at radius 3 is 2.62 bits per heavy atom. The molecule has 3 aromatic rings. The number of nitrogens with zero attached hydrogens (tertiary/aromatic N) is 3. The topological polar surface area (TPSA) is 58.1 Å². The maximum Gasteiger partial charge on any atom is 0.226 e. The summed E-state index contributed by atoms with van der Waals surface area (Å²) < 4.78 is 0. The first-order chi connectivity index (χ1) is 14.3. The number of likely N-dealkylation sites (tertiary alicyclic amines) is 1. The maximum atomic E-state index is 12.5. The van der Waals surface area contributed by atoms with Crippen LogP contribution in [-0.2, 0) is 24.3 Å². The van der Waals surface area contributed by atoms with Crippen molar-refractivity contribution in [2.75, 3.05) is 13.1 Å². The van der Waals surface area contributed by atoms with Crippen LogP contribution in [0, 0.1) is 0 Å². The minimum absolute atomic E-state index is 0.00403. The normalized spacial score (nSPS) is 14.6. The van der Waals surface area contributed by atoms with Crippen LogP contribution in [-0.4, -0.2) is 33.9 Å². The van der Waals surface area contributed by atoms with Gasteiger partial charge in [-0.25, -0.2) is 4.98 Å². The van der Waals surface area contributed by atoms with E-state index in [1.165, 1.54) is 54.8 Å². The number of benzene rings is 1. The summed E-state index contributed by atoms with van der Waals surface area (Å²) in [5, 5.41) is 5.85. The van der Waals surface area contributed by atoms with Crippen LogP contribution < -0.4 is 5.32 Å². The van der Waals surface area contributed by atoms with Crippen LogP contribution in [0.3, 0.4) is 0 Å². The number of carbonyl (C=O) groups excluding carboxylic acids is 1. The van der Waals surface area contributed by atoms with Gasteiger partial charge < -0.3 is 5.32 Å². The Bertz CT molecular complexity index is 935. The first-order valence-electron chi connectivity index (χ1n) is 10.2. The van der Waals surface area contributed by atoms with Crippen LogP contribution in [0.4, 0.5) is 0 Å². The van der Waals surface area contributed by atoms with Crippen molar-refractivity contribution in [1.82, 2.24) is 20.2 Å². The van der Waals surface area contributed by atoms with Gasteiger partial charge in [-0.1, -0.05) is 36.8 Å². The molecule has 0 saturated carbocycles. The van der Waals surface area contributed by atoms with Crippen molar-refractivity contribution < 1.29 is 4.79 Å². The van der Waals surface area contributed by atoms with Gasteiger partial charge in [0.1, 0.15) is 5.01 Å². The zero-order chi connectivity index (χ0) is 19.9. The number of nitrogens with one attached hydrogen (secondary N) is 1. The molecule has 0 radical (unpaired) electrons. The Hall–Kier alpha value is -2.57. The molecular formula is C23H26N4OS. The lowest BCUT2D eigenvalue weighted by Crippen LogP contribution is -2.30. The van der Waals surface area contributed by atoms with Gasteiger partial charge in [-0.15, -0.1) is 11.3 Å². The van der Waals surface area contributed by atoms with E-state index in [0.29, 0.717) is 6.54 Å². The van der Waals surface area contributed by atoms with Crippen LogP contribution in [0.5, 0.6) is 0 Å². The zero-order valence-corrected chi connectivity index (χ0v) is 17.3. The van der Waals surface area contributed by atoms with Crippen molar-refractivity contribution in [2.24, 2.45) is 0 Å². The van der Waals surface area contributed by atoms with E-state index in [4.69, 9.17) is 0 Å². The number of aromatic nitrogens is 2. The largest absolute Gasteiger partial charge is 0.352 e. The first kappa shape index (κ1) is 19.7. The molecule has 29 heavy (non-hydrogen) atoms. The summed E-state index contributed by atoms with van der Waals surface area (Å²) >= 11 is 1.52. The number of thiazole rings is 1. The average Bonchev–Trinajstić information content (AvgIpc) is 3.23.